The van der Waals surface area contributed by atoms with Gasteiger partial charge >= 0.3 is 0 Å². The van der Waals surface area contributed by atoms with E-state index < -0.39 is 25.2 Å². The summed E-state index contributed by atoms with van der Waals surface area (Å²) in [4.78, 5) is 0. The minimum Gasteiger partial charge on any atom is -0.390 e. The molecule has 0 aliphatic carbocycles. The van der Waals surface area contributed by atoms with E-state index in [0.29, 0.717) is 0 Å². The molecule has 1 nitrogen and oxygen atoms in total. The lowest BCUT2D eigenvalue weighted by molar-refractivity contribution is 0.0327. The van der Waals surface area contributed by atoms with E-state index in [4.69, 9.17) is 9.66 Å². The van der Waals surface area contributed by atoms with Crippen LogP contribution in [-0.2, 0) is 0 Å². The minimum atomic E-state index is -2.67. The largest absolute Gasteiger partial charge is 0.390 e. The van der Waals surface area contributed by atoms with Crippen LogP contribution in [-0.4, -0.2) is 12.1 Å². The van der Waals surface area contributed by atoms with Crippen molar-refractivity contribution >= 4 is 0 Å². The molecule has 44 valence electrons. The van der Waals surface area contributed by atoms with Crippen molar-refractivity contribution in [3.63, 3.8) is 0 Å². The van der Waals surface area contributed by atoms with E-state index in [0.717, 1.165) is 0 Å². The first kappa shape index (κ1) is 1.47. The van der Waals surface area contributed by atoms with Crippen molar-refractivity contribution in [1.82, 2.24) is 0 Å². The van der Waals surface area contributed by atoms with Crippen molar-refractivity contribution in [2.45, 2.75) is 33.2 Å². The quantitative estimate of drug-likeness (QED) is 0.568. The lowest BCUT2D eigenvalue weighted by Crippen LogP contribution is -2.25. The van der Waals surface area contributed by atoms with Crippen molar-refractivity contribution < 1.29 is 13.3 Å². The van der Waals surface area contributed by atoms with Gasteiger partial charge in [-0.2, -0.15) is 0 Å². The topological polar surface area (TPSA) is 20.2 Å². The van der Waals surface area contributed by atoms with Crippen molar-refractivity contribution in [2.24, 2.45) is 5.92 Å². The Labute approximate surface area is 55.3 Å². The molecule has 0 aromatic rings. The third-order valence-electron chi connectivity index (χ3n) is 0.695. The van der Waals surface area contributed by atoms with E-state index >= 15 is 0 Å². The van der Waals surface area contributed by atoms with E-state index in [1.165, 1.54) is 13.8 Å². The summed E-state index contributed by atoms with van der Waals surface area (Å²) in [7, 11) is 0. The summed E-state index contributed by atoms with van der Waals surface area (Å²) >= 11 is 0. The van der Waals surface area contributed by atoms with E-state index in [9.17, 15) is 0 Å². The fourth-order valence-corrected chi connectivity index (χ4v) is 0. The number of rotatable bonds is 2. The predicted octanol–water partition coefficient (Wildman–Crippen LogP) is 1.41. The Morgan fingerprint density at radius 2 is 2.29 bits per heavy atom. The summed E-state index contributed by atoms with van der Waals surface area (Å²) in [6.45, 7) is -2.78. The summed E-state index contributed by atoms with van der Waals surface area (Å²) < 4.78 is 49.4. The molecule has 0 bridgehead atoms. The van der Waals surface area contributed by atoms with Gasteiger partial charge in [0.05, 0.1) is 5.60 Å². The zero-order valence-electron chi connectivity index (χ0n) is 11.5. The van der Waals surface area contributed by atoms with Gasteiger partial charge in [0, 0.05) is 8.22 Å². The Morgan fingerprint density at radius 3 is 2.43 bits per heavy atom. The number of aliphatic hydroxyl groups is 1. The molecule has 0 aliphatic rings. The highest BCUT2D eigenvalue weighted by Gasteiger charge is 2.16. The van der Waals surface area contributed by atoms with Gasteiger partial charge in [0.2, 0.25) is 1.43 Å². The molecule has 0 spiro atoms. The maximum atomic E-state index is 7.11. The van der Waals surface area contributed by atoms with Gasteiger partial charge in [-0.1, -0.05) is 13.7 Å². The van der Waals surface area contributed by atoms with Crippen LogP contribution in [0.5, 0.6) is 0 Å². The molecule has 7 heavy (non-hydrogen) atoms. The summed E-state index contributed by atoms with van der Waals surface area (Å²) in [5, 5.41) is 4.18. The van der Waals surface area contributed by atoms with Crippen LogP contribution < -0.4 is 0 Å². The lowest BCUT2D eigenvalue weighted by atomic mass is 9.95. The predicted molar refractivity (Wildman–Crippen MR) is 31.1 cm³/mol. The Kier molecular flexibility index (Phi) is 0.384. The molecule has 0 aromatic carbocycles. The molecule has 0 amide bonds. The molecular weight excluding hydrogens is 88.1 g/mol. The summed E-state index contributed by atoms with van der Waals surface area (Å²) in [5.74, 6) is -1.67. The van der Waals surface area contributed by atoms with E-state index in [1.54, 1.807) is 0 Å². The molecule has 0 atom stereocenters. The maximum absolute atomic E-state index is 7.11. The van der Waals surface area contributed by atoms with Gasteiger partial charge < -0.3 is 5.11 Å². The molecule has 0 heterocycles. The van der Waals surface area contributed by atoms with Gasteiger partial charge in [-0.25, -0.2) is 0 Å². The number of hydrogen-bond donors (Lipinski definition) is 1. The first-order valence-corrected chi connectivity index (χ1v) is 2.07. The zero-order valence-corrected chi connectivity index (χ0v) is 4.49. The molecule has 1 heteroatoms. The van der Waals surface area contributed by atoms with Crippen LogP contribution in [0.1, 0.15) is 35.8 Å². The van der Waals surface area contributed by atoms with Crippen LogP contribution >= 0.6 is 0 Å². The third-order valence-corrected chi connectivity index (χ3v) is 0.695. The van der Waals surface area contributed by atoms with Crippen LogP contribution in [0.4, 0.5) is 0 Å². The second-order valence-corrected chi connectivity index (χ2v) is 2.04. The van der Waals surface area contributed by atoms with Gasteiger partial charge in [-0.3, -0.25) is 0 Å². The molecule has 0 saturated heterocycles. The fraction of sp³-hybridized carbons (Fsp3) is 1.00. The highest BCUT2D eigenvalue weighted by Crippen LogP contribution is 2.12. The van der Waals surface area contributed by atoms with Crippen LogP contribution in [0.25, 0.3) is 0 Å². The van der Waals surface area contributed by atoms with Crippen LogP contribution in [0.3, 0.4) is 0 Å². The average molecular weight is 109 g/mol. The first-order chi connectivity index (χ1) is 5.93. The van der Waals surface area contributed by atoms with Crippen molar-refractivity contribution in [1.29, 1.82) is 1.43 Å². The van der Waals surface area contributed by atoms with Gasteiger partial charge in [-0.05, 0) is 19.8 Å². The van der Waals surface area contributed by atoms with E-state index in [2.05, 4.69) is 5.11 Å². The molecular formula is C6H14O. The third kappa shape index (κ3) is 2.63. The Balaban J connectivity index is 5.14. The van der Waals surface area contributed by atoms with E-state index in [-0.39, 0.29) is 0 Å². The SMILES string of the molecule is [2H]OC(C)(C)C(C([2H])([2H])[2H])C([2H])([2H])[2H]. The Hall–Kier alpha value is -0.0400. The first-order valence-electron chi connectivity index (χ1n) is 5.48. The average Bonchev–Trinajstić information content (AvgIpc) is 1.79. The fourth-order valence-electron chi connectivity index (χ4n) is 0. The van der Waals surface area contributed by atoms with Gasteiger partial charge in [0.25, 0.3) is 0 Å². The Morgan fingerprint density at radius 1 is 1.71 bits per heavy atom. The van der Waals surface area contributed by atoms with Gasteiger partial charge in [-0.15, -0.1) is 0 Å². The normalized spacial score (nSPS) is 31.0. The smallest absolute Gasteiger partial charge is 0.211 e. The van der Waals surface area contributed by atoms with Crippen LogP contribution in [0, 0.1) is 5.92 Å². The van der Waals surface area contributed by atoms with Crippen LogP contribution in [0.15, 0.2) is 0 Å². The highest BCUT2D eigenvalue weighted by atomic mass is 16.3. The van der Waals surface area contributed by atoms with Crippen molar-refractivity contribution in [3.05, 3.63) is 0 Å². The number of hydrogen-bond acceptors (Lipinski definition) is 1. The minimum absolute atomic E-state index is 1.28. The second-order valence-electron chi connectivity index (χ2n) is 2.04. The van der Waals surface area contributed by atoms with Crippen molar-refractivity contribution in [3.8, 4) is 0 Å². The summed E-state index contributed by atoms with van der Waals surface area (Å²) in [6, 6.07) is 0. The molecule has 1 N–H and O–H groups in total. The molecule has 0 aromatic heterocycles. The maximum Gasteiger partial charge on any atom is 0.211 e. The molecule has 0 saturated carbocycles. The summed E-state index contributed by atoms with van der Waals surface area (Å²) in [6.07, 6.45) is 0. The molecule has 0 aliphatic heterocycles. The molecule has 0 unspecified atom stereocenters. The highest BCUT2D eigenvalue weighted by molar-refractivity contribution is 4.67. The van der Waals surface area contributed by atoms with Gasteiger partial charge in [0.15, 0.2) is 0 Å². The molecule has 0 rings (SSSR count). The molecule has 0 fully saturated rings. The zero-order chi connectivity index (χ0) is 11.8. The standard InChI is InChI=1S/C6H14O/c1-5(2)6(3,4)7/h5,7H,1-4H3/i1D3,2D3,7D. The van der Waals surface area contributed by atoms with Crippen LogP contribution in [0.2, 0.25) is 0 Å². The van der Waals surface area contributed by atoms with E-state index in [1.807, 2.05) is 0 Å². The summed E-state index contributed by atoms with van der Waals surface area (Å²) in [5.41, 5.74) is -1.53. The van der Waals surface area contributed by atoms with Crippen molar-refractivity contribution in [2.75, 3.05) is 0 Å². The molecule has 0 radical (unpaired) electrons. The van der Waals surface area contributed by atoms with Gasteiger partial charge in [0.1, 0.15) is 0 Å². The Bertz CT molecular complexity index is 177. The lowest BCUT2D eigenvalue weighted by Gasteiger charge is -2.21. The second kappa shape index (κ2) is 1.83. The monoisotopic (exact) mass is 109 g/mol.